The number of amides is 1. The molecule has 1 aliphatic rings. The summed E-state index contributed by atoms with van der Waals surface area (Å²) in [4.78, 5) is 34.5. The minimum Gasteiger partial charge on any atom is -0.468 e. The van der Waals surface area contributed by atoms with E-state index in [4.69, 9.17) is 0 Å². The molecular weight excluding hydrogens is 222 g/mol. The molecule has 1 aliphatic carbocycles. The third-order valence-electron chi connectivity index (χ3n) is 3.02. The summed E-state index contributed by atoms with van der Waals surface area (Å²) in [5.74, 6) is -0.883. The number of carbonyl (C=O) groups excluding carboxylic acids is 3. The minimum atomic E-state index is -1.01. The van der Waals surface area contributed by atoms with Crippen LogP contribution >= 0.6 is 0 Å². The van der Waals surface area contributed by atoms with E-state index in [1.54, 1.807) is 0 Å². The highest BCUT2D eigenvalue weighted by Gasteiger charge is 2.57. The Morgan fingerprint density at radius 1 is 1.29 bits per heavy atom. The number of Topliss-reactive ketones (excluding diaryl/α,β-unsaturated/α-hetero) is 1. The van der Waals surface area contributed by atoms with Crippen LogP contribution in [-0.2, 0) is 19.1 Å². The molecule has 1 fully saturated rings. The number of carbonyl (C=O) groups is 3. The van der Waals surface area contributed by atoms with Gasteiger partial charge in [-0.1, -0.05) is 13.3 Å². The first-order chi connectivity index (χ1) is 8.06. The van der Waals surface area contributed by atoms with Crippen LogP contribution in [0.1, 0.15) is 39.0 Å². The summed E-state index contributed by atoms with van der Waals surface area (Å²) in [7, 11) is 1.27. The molecule has 5 heteroatoms. The zero-order valence-electron chi connectivity index (χ0n) is 10.4. The molecule has 96 valence electrons. The van der Waals surface area contributed by atoms with E-state index in [2.05, 4.69) is 10.1 Å². The van der Waals surface area contributed by atoms with Gasteiger partial charge >= 0.3 is 5.97 Å². The normalized spacial score (nSPS) is 16.1. The lowest BCUT2D eigenvalue weighted by Crippen LogP contribution is -2.40. The zero-order valence-corrected chi connectivity index (χ0v) is 10.4. The lowest BCUT2D eigenvalue weighted by atomic mass is 10.1. The van der Waals surface area contributed by atoms with Crippen molar-refractivity contribution in [2.24, 2.45) is 5.41 Å². The van der Waals surface area contributed by atoms with Crippen LogP contribution in [0.2, 0.25) is 0 Å². The van der Waals surface area contributed by atoms with Gasteiger partial charge in [-0.2, -0.15) is 0 Å². The molecule has 0 aromatic rings. The van der Waals surface area contributed by atoms with E-state index < -0.39 is 11.4 Å². The topological polar surface area (TPSA) is 72.5 Å². The number of hydrogen-bond acceptors (Lipinski definition) is 4. The number of ketones is 1. The maximum atomic E-state index is 11.7. The van der Waals surface area contributed by atoms with Crippen molar-refractivity contribution in [2.75, 3.05) is 13.7 Å². The van der Waals surface area contributed by atoms with Crippen molar-refractivity contribution in [1.29, 1.82) is 0 Å². The van der Waals surface area contributed by atoms with Gasteiger partial charge in [0, 0.05) is 6.42 Å². The first kappa shape index (κ1) is 13.7. The molecule has 5 nitrogen and oxygen atoms in total. The summed E-state index contributed by atoms with van der Waals surface area (Å²) in [6, 6.07) is 0. The van der Waals surface area contributed by atoms with Gasteiger partial charge in [0.15, 0.2) is 5.78 Å². The number of hydrogen-bond donors (Lipinski definition) is 1. The summed E-state index contributed by atoms with van der Waals surface area (Å²) in [5, 5.41) is 2.52. The average Bonchev–Trinajstić information content (AvgIpc) is 3.13. The van der Waals surface area contributed by atoms with Crippen molar-refractivity contribution in [1.82, 2.24) is 5.32 Å². The van der Waals surface area contributed by atoms with Crippen LogP contribution in [0.4, 0.5) is 0 Å². The first-order valence-corrected chi connectivity index (χ1v) is 5.95. The summed E-state index contributed by atoms with van der Waals surface area (Å²) in [6.45, 7) is 2.01. The molecule has 1 amide bonds. The summed E-state index contributed by atoms with van der Waals surface area (Å²) in [5.41, 5.74) is -1.01. The van der Waals surface area contributed by atoms with Crippen molar-refractivity contribution < 1.29 is 19.1 Å². The molecular formula is C12H19NO4. The highest BCUT2D eigenvalue weighted by atomic mass is 16.5. The molecule has 0 saturated heterocycles. The highest BCUT2D eigenvalue weighted by Crippen LogP contribution is 2.46. The van der Waals surface area contributed by atoms with Crippen molar-refractivity contribution >= 4 is 17.7 Å². The molecule has 17 heavy (non-hydrogen) atoms. The third kappa shape index (κ3) is 3.28. The van der Waals surface area contributed by atoms with Gasteiger partial charge in [-0.05, 0) is 19.3 Å². The predicted octanol–water partition coefficient (Wildman–Crippen LogP) is 0.815. The van der Waals surface area contributed by atoms with Crippen LogP contribution in [0.3, 0.4) is 0 Å². The zero-order chi connectivity index (χ0) is 12.9. The SMILES string of the molecule is CCCCC(=O)CNC(=O)C1(C(=O)OC)CC1. The number of ether oxygens (including phenoxy) is 1. The van der Waals surface area contributed by atoms with Crippen molar-refractivity contribution in [3.63, 3.8) is 0 Å². The fourth-order valence-electron chi connectivity index (χ4n) is 1.65. The van der Waals surface area contributed by atoms with Crippen molar-refractivity contribution in [3.05, 3.63) is 0 Å². The minimum absolute atomic E-state index is 0.000802. The van der Waals surface area contributed by atoms with Crippen LogP contribution in [0.15, 0.2) is 0 Å². The molecule has 0 aliphatic heterocycles. The van der Waals surface area contributed by atoms with Crippen LogP contribution in [0.5, 0.6) is 0 Å². The molecule has 0 bridgehead atoms. The maximum Gasteiger partial charge on any atom is 0.321 e. The van der Waals surface area contributed by atoms with E-state index in [1.165, 1.54) is 7.11 Å². The Kier molecular flexibility index (Phi) is 4.66. The molecule has 0 spiro atoms. The Morgan fingerprint density at radius 2 is 1.94 bits per heavy atom. The Morgan fingerprint density at radius 3 is 2.41 bits per heavy atom. The molecule has 0 heterocycles. The van der Waals surface area contributed by atoms with Gasteiger partial charge in [-0.3, -0.25) is 14.4 Å². The lowest BCUT2D eigenvalue weighted by molar-refractivity contribution is -0.152. The van der Waals surface area contributed by atoms with E-state index >= 15 is 0 Å². The van der Waals surface area contributed by atoms with Gasteiger partial charge in [0.25, 0.3) is 0 Å². The van der Waals surface area contributed by atoms with E-state index in [-0.39, 0.29) is 18.2 Å². The van der Waals surface area contributed by atoms with Gasteiger partial charge in [0.2, 0.25) is 5.91 Å². The number of nitrogens with one attached hydrogen (secondary N) is 1. The van der Waals surface area contributed by atoms with Crippen LogP contribution in [-0.4, -0.2) is 31.3 Å². The van der Waals surface area contributed by atoms with Crippen molar-refractivity contribution in [2.45, 2.75) is 39.0 Å². The fraction of sp³-hybridized carbons (Fsp3) is 0.750. The van der Waals surface area contributed by atoms with Gasteiger partial charge in [0.1, 0.15) is 5.41 Å². The molecule has 0 aromatic carbocycles. The standard InChI is InChI=1S/C12H19NO4/c1-3-4-5-9(14)8-13-10(15)12(6-7-12)11(16)17-2/h3-8H2,1-2H3,(H,13,15). The summed E-state index contributed by atoms with van der Waals surface area (Å²) >= 11 is 0. The van der Waals surface area contributed by atoms with Crippen LogP contribution in [0.25, 0.3) is 0 Å². The van der Waals surface area contributed by atoms with E-state index in [0.717, 1.165) is 12.8 Å². The van der Waals surface area contributed by atoms with Gasteiger partial charge in [-0.25, -0.2) is 0 Å². The Hall–Kier alpha value is -1.39. The largest absolute Gasteiger partial charge is 0.468 e. The second-order valence-corrected chi connectivity index (χ2v) is 4.40. The Balaban J connectivity index is 2.35. The molecule has 0 atom stereocenters. The average molecular weight is 241 g/mol. The smallest absolute Gasteiger partial charge is 0.321 e. The first-order valence-electron chi connectivity index (χ1n) is 5.95. The molecule has 0 aromatic heterocycles. The van der Waals surface area contributed by atoms with Crippen LogP contribution < -0.4 is 5.32 Å². The maximum absolute atomic E-state index is 11.7. The fourth-order valence-corrected chi connectivity index (χ4v) is 1.65. The number of methoxy groups -OCH3 is 1. The monoisotopic (exact) mass is 241 g/mol. The van der Waals surface area contributed by atoms with Gasteiger partial charge in [0.05, 0.1) is 13.7 Å². The summed E-state index contributed by atoms with van der Waals surface area (Å²) < 4.78 is 4.59. The van der Waals surface area contributed by atoms with E-state index in [0.29, 0.717) is 19.3 Å². The number of rotatable bonds is 7. The van der Waals surface area contributed by atoms with E-state index in [9.17, 15) is 14.4 Å². The van der Waals surface area contributed by atoms with Gasteiger partial charge < -0.3 is 10.1 Å². The highest BCUT2D eigenvalue weighted by molar-refractivity contribution is 6.06. The Labute approximate surface area is 101 Å². The Bertz CT molecular complexity index is 320. The van der Waals surface area contributed by atoms with Gasteiger partial charge in [-0.15, -0.1) is 0 Å². The van der Waals surface area contributed by atoms with E-state index in [1.807, 2.05) is 6.92 Å². The van der Waals surface area contributed by atoms with Crippen LogP contribution in [0, 0.1) is 5.41 Å². The van der Waals surface area contributed by atoms with Crippen molar-refractivity contribution in [3.8, 4) is 0 Å². The third-order valence-corrected chi connectivity index (χ3v) is 3.02. The quantitative estimate of drug-likeness (QED) is 0.529. The number of esters is 1. The molecule has 1 N–H and O–H groups in total. The lowest BCUT2D eigenvalue weighted by Gasteiger charge is -2.12. The predicted molar refractivity (Wildman–Crippen MR) is 61.2 cm³/mol. The molecule has 1 rings (SSSR count). The molecule has 1 saturated carbocycles. The summed E-state index contributed by atoms with van der Waals surface area (Å²) in [6.07, 6.45) is 3.27. The molecule has 0 unspecified atom stereocenters. The second-order valence-electron chi connectivity index (χ2n) is 4.40. The second kappa shape index (κ2) is 5.80. The number of unbranched alkanes of at least 4 members (excludes halogenated alkanes) is 1. The molecule has 0 radical (unpaired) electrons.